The van der Waals surface area contributed by atoms with Crippen LogP contribution >= 0.6 is 11.6 Å². The van der Waals surface area contributed by atoms with E-state index in [9.17, 15) is 38.7 Å². The van der Waals surface area contributed by atoms with E-state index in [1.165, 1.54) is 4.90 Å². The molecule has 1 aliphatic rings. The van der Waals surface area contributed by atoms with Gasteiger partial charge in [-0.2, -0.15) is 0 Å². The van der Waals surface area contributed by atoms with E-state index in [0.29, 0.717) is 18.4 Å². The highest BCUT2D eigenvalue weighted by molar-refractivity contribution is 6.27. The molecule has 2 aromatic rings. The Morgan fingerprint density at radius 3 is 2.29 bits per heavy atom. The smallest absolute Gasteiger partial charge is 0.312 e. The van der Waals surface area contributed by atoms with Crippen LogP contribution in [-0.2, 0) is 35.2 Å². The number of carbonyl (C=O) groups excluding carboxylic acids is 6. The monoisotopic (exact) mass is 687 g/mol. The lowest BCUT2D eigenvalue weighted by molar-refractivity contribution is -0.146. The highest BCUT2D eigenvalue weighted by Gasteiger charge is 2.38. The van der Waals surface area contributed by atoms with Gasteiger partial charge in [0.15, 0.2) is 0 Å². The number of nitrogens with one attached hydrogen (secondary N) is 4. The molecule has 9 N–H and O–H groups in total. The van der Waals surface area contributed by atoms with E-state index in [4.69, 9.17) is 23.1 Å². The van der Waals surface area contributed by atoms with Gasteiger partial charge in [-0.05, 0) is 54.9 Å². The van der Waals surface area contributed by atoms with Gasteiger partial charge in [-0.25, -0.2) is 4.79 Å². The Labute approximate surface area is 282 Å². The maximum Gasteiger partial charge on any atom is 0.312 e. The summed E-state index contributed by atoms with van der Waals surface area (Å²) in [6, 6.07) is 7.90. The molecule has 1 fully saturated rings. The molecule has 0 radical (unpaired) electrons. The largest absolute Gasteiger partial charge is 0.481 e. The molecule has 48 heavy (non-hydrogen) atoms. The van der Waals surface area contributed by atoms with E-state index < -0.39 is 78.0 Å². The molecule has 1 saturated heterocycles. The Bertz CT molecular complexity index is 1510. The SMILES string of the molecule is NC(=O)NCCCC(NC(=O)C(Cc1ccc2ccccc2c1)NC(=O)[C@@H]1CCCCN1C(=O)C(CCC(=O)O)NC(=O)CCl)C(N)=O. The summed E-state index contributed by atoms with van der Waals surface area (Å²) in [7, 11) is 0. The molecule has 4 atom stereocenters. The van der Waals surface area contributed by atoms with E-state index in [1.807, 2.05) is 42.5 Å². The fraction of sp³-hybridized carbons (Fsp3) is 0.469. The third kappa shape index (κ3) is 11.4. The summed E-state index contributed by atoms with van der Waals surface area (Å²) in [5.41, 5.74) is 11.3. The number of nitrogens with zero attached hydrogens (tertiary/aromatic N) is 1. The maximum atomic E-state index is 13.9. The van der Waals surface area contributed by atoms with Crippen LogP contribution in [0, 0.1) is 0 Å². The zero-order valence-electron chi connectivity index (χ0n) is 26.4. The van der Waals surface area contributed by atoms with Gasteiger partial charge in [0.05, 0.1) is 0 Å². The predicted molar refractivity (Wildman–Crippen MR) is 176 cm³/mol. The molecule has 3 rings (SSSR count). The van der Waals surface area contributed by atoms with E-state index in [-0.39, 0.29) is 45.2 Å². The minimum atomic E-state index is -1.22. The average molecular weight is 688 g/mol. The number of carboxylic acid groups (broad SMARTS) is 1. The van der Waals surface area contributed by atoms with Crippen molar-refractivity contribution in [3.8, 4) is 0 Å². The lowest BCUT2D eigenvalue weighted by Crippen LogP contribution is -2.60. The zero-order chi connectivity index (χ0) is 35.2. The number of halogens is 1. The second-order valence-electron chi connectivity index (χ2n) is 11.6. The Kier molecular flexibility index (Phi) is 14.4. The maximum absolute atomic E-state index is 13.9. The number of aliphatic carboxylic acids is 1. The quantitative estimate of drug-likeness (QED) is 0.0896. The number of carboxylic acids is 1. The van der Waals surface area contributed by atoms with Crippen LogP contribution in [-0.4, -0.2) is 94.7 Å². The third-order valence-electron chi connectivity index (χ3n) is 8.01. The molecule has 0 aromatic heterocycles. The highest BCUT2D eigenvalue weighted by atomic mass is 35.5. The lowest BCUT2D eigenvalue weighted by atomic mass is 9.97. The number of urea groups is 1. The second-order valence-corrected chi connectivity index (χ2v) is 11.8. The second kappa shape index (κ2) is 18.4. The summed E-state index contributed by atoms with van der Waals surface area (Å²) in [5.74, 6) is -5.05. The first-order valence-electron chi connectivity index (χ1n) is 15.7. The molecule has 7 amide bonds. The molecule has 0 spiro atoms. The van der Waals surface area contributed by atoms with Crippen LogP contribution in [0.4, 0.5) is 4.79 Å². The van der Waals surface area contributed by atoms with Gasteiger partial charge in [0, 0.05) is 25.9 Å². The third-order valence-corrected chi connectivity index (χ3v) is 8.25. The van der Waals surface area contributed by atoms with Crippen molar-refractivity contribution in [1.82, 2.24) is 26.2 Å². The summed E-state index contributed by atoms with van der Waals surface area (Å²) >= 11 is 5.61. The number of amides is 7. The number of likely N-dealkylation sites (tertiary alicyclic amines) is 1. The Morgan fingerprint density at radius 2 is 1.62 bits per heavy atom. The summed E-state index contributed by atoms with van der Waals surface area (Å²) in [6.07, 6.45) is 1.21. The molecule has 15 nitrogen and oxygen atoms in total. The number of hydrogen-bond acceptors (Lipinski definition) is 7. The van der Waals surface area contributed by atoms with Crippen molar-refractivity contribution in [2.24, 2.45) is 11.5 Å². The van der Waals surface area contributed by atoms with Gasteiger partial charge in [0.25, 0.3) is 0 Å². The number of piperidine rings is 1. The number of rotatable bonds is 17. The van der Waals surface area contributed by atoms with Gasteiger partial charge in [-0.15, -0.1) is 11.6 Å². The number of benzene rings is 2. The molecule has 2 aromatic carbocycles. The average Bonchev–Trinajstić information content (AvgIpc) is 3.06. The van der Waals surface area contributed by atoms with Crippen molar-refractivity contribution in [3.63, 3.8) is 0 Å². The fourth-order valence-corrected chi connectivity index (χ4v) is 5.66. The molecule has 16 heteroatoms. The van der Waals surface area contributed by atoms with Gasteiger partial charge in [-0.1, -0.05) is 42.5 Å². The first kappa shape index (κ1) is 37.5. The summed E-state index contributed by atoms with van der Waals surface area (Å²) in [4.78, 5) is 89.0. The number of carbonyl (C=O) groups is 7. The fourth-order valence-electron chi connectivity index (χ4n) is 5.58. The number of hydrogen-bond donors (Lipinski definition) is 7. The van der Waals surface area contributed by atoms with Crippen molar-refractivity contribution < 1.29 is 38.7 Å². The molecule has 0 aliphatic carbocycles. The minimum absolute atomic E-state index is 0.0325. The van der Waals surface area contributed by atoms with Crippen LogP contribution in [0.15, 0.2) is 42.5 Å². The van der Waals surface area contributed by atoms with Gasteiger partial charge >= 0.3 is 12.0 Å². The van der Waals surface area contributed by atoms with E-state index in [0.717, 1.165) is 10.8 Å². The normalized spacial score (nSPS) is 16.2. The highest BCUT2D eigenvalue weighted by Crippen LogP contribution is 2.21. The van der Waals surface area contributed by atoms with Crippen LogP contribution in [0.5, 0.6) is 0 Å². The van der Waals surface area contributed by atoms with Crippen LogP contribution < -0.4 is 32.7 Å². The van der Waals surface area contributed by atoms with Crippen molar-refractivity contribution in [2.45, 2.75) is 75.5 Å². The minimum Gasteiger partial charge on any atom is -0.481 e. The lowest BCUT2D eigenvalue weighted by Gasteiger charge is -2.37. The van der Waals surface area contributed by atoms with Crippen molar-refractivity contribution in [2.75, 3.05) is 19.0 Å². The molecular formula is C32H42ClN7O8. The number of fused-ring (bicyclic) bond motifs is 1. The topological polar surface area (TPSA) is 243 Å². The molecule has 3 unspecified atom stereocenters. The zero-order valence-corrected chi connectivity index (χ0v) is 27.2. The number of alkyl halides is 1. The summed E-state index contributed by atoms with van der Waals surface area (Å²) in [5, 5.41) is 21.3. The van der Waals surface area contributed by atoms with Crippen LogP contribution in [0.25, 0.3) is 10.8 Å². The first-order valence-corrected chi connectivity index (χ1v) is 16.2. The van der Waals surface area contributed by atoms with Crippen molar-refractivity contribution in [3.05, 3.63) is 48.0 Å². The first-order chi connectivity index (χ1) is 22.9. The van der Waals surface area contributed by atoms with Gasteiger partial charge in [0.1, 0.15) is 30.0 Å². The molecule has 260 valence electrons. The van der Waals surface area contributed by atoms with Gasteiger partial charge < -0.3 is 42.7 Å². The Balaban J connectivity index is 1.85. The van der Waals surface area contributed by atoms with E-state index in [2.05, 4.69) is 21.3 Å². The van der Waals surface area contributed by atoms with Crippen molar-refractivity contribution in [1.29, 1.82) is 0 Å². The van der Waals surface area contributed by atoms with E-state index >= 15 is 0 Å². The van der Waals surface area contributed by atoms with Crippen LogP contribution in [0.3, 0.4) is 0 Å². The Morgan fingerprint density at radius 1 is 0.896 bits per heavy atom. The molecule has 0 saturated carbocycles. The molecular weight excluding hydrogens is 646 g/mol. The van der Waals surface area contributed by atoms with Crippen LogP contribution in [0.2, 0.25) is 0 Å². The molecule has 1 aliphatic heterocycles. The number of nitrogens with two attached hydrogens (primary N) is 2. The van der Waals surface area contributed by atoms with Crippen molar-refractivity contribution >= 4 is 63.9 Å². The number of primary amides is 2. The Hall–Kier alpha value is -4.92. The molecule has 0 bridgehead atoms. The van der Waals surface area contributed by atoms with Crippen LogP contribution in [0.1, 0.15) is 50.5 Å². The van der Waals surface area contributed by atoms with E-state index in [1.54, 1.807) is 0 Å². The van der Waals surface area contributed by atoms with Gasteiger partial charge in [0.2, 0.25) is 29.5 Å². The molecule has 1 heterocycles. The standard InChI is InChI=1S/C32H42ClN7O8/c33-18-26(41)37-23(12-13-27(42)43)31(47)40-15-4-3-9-25(40)30(46)39-24(17-19-10-11-20-6-1-2-7-21(20)16-19)29(45)38-22(28(34)44)8-5-14-36-32(35)48/h1-2,6-7,10-11,16,22-25H,3-5,8-9,12-15,17-18H2,(H2,34,44)(H,37,41)(H,38,45)(H,39,46)(H,42,43)(H3,35,36,48)/t22?,23?,24?,25-/m0/s1. The predicted octanol–water partition coefficient (Wildman–Crippen LogP) is 0.255. The summed E-state index contributed by atoms with van der Waals surface area (Å²) < 4.78 is 0. The summed E-state index contributed by atoms with van der Waals surface area (Å²) in [6.45, 7) is 0.318. The van der Waals surface area contributed by atoms with Gasteiger partial charge in [-0.3, -0.25) is 28.8 Å².